The summed E-state index contributed by atoms with van der Waals surface area (Å²) in [5.74, 6) is 1.08. The third kappa shape index (κ3) is 3.42. The van der Waals surface area contributed by atoms with Crippen LogP contribution < -0.4 is 9.47 Å². The molecule has 20 heavy (non-hydrogen) atoms. The highest BCUT2D eigenvalue weighted by Crippen LogP contribution is 2.35. The summed E-state index contributed by atoms with van der Waals surface area (Å²) in [5.41, 5.74) is 1.04. The van der Waals surface area contributed by atoms with Crippen LogP contribution in [0.5, 0.6) is 11.5 Å². The second-order valence-electron chi connectivity index (χ2n) is 5.51. The summed E-state index contributed by atoms with van der Waals surface area (Å²) in [7, 11) is 0. The van der Waals surface area contributed by atoms with Crippen molar-refractivity contribution in [3.8, 4) is 11.5 Å². The lowest BCUT2D eigenvalue weighted by Crippen LogP contribution is -2.35. The van der Waals surface area contributed by atoms with Crippen LogP contribution in [0.3, 0.4) is 0 Å². The highest BCUT2D eigenvalue weighted by molar-refractivity contribution is 5.69. The molecule has 2 rings (SSSR count). The summed E-state index contributed by atoms with van der Waals surface area (Å²) < 4.78 is 10.7. The molecular formula is C15H21NO4. The molecule has 0 amide bonds. The van der Waals surface area contributed by atoms with Crippen LogP contribution in [-0.4, -0.2) is 35.9 Å². The number of rotatable bonds is 6. The Morgan fingerprint density at radius 1 is 1.30 bits per heavy atom. The van der Waals surface area contributed by atoms with E-state index in [1.54, 1.807) is 0 Å². The molecule has 0 radical (unpaired) electrons. The van der Waals surface area contributed by atoms with Crippen molar-refractivity contribution in [2.75, 3.05) is 19.9 Å². The van der Waals surface area contributed by atoms with E-state index in [1.165, 1.54) is 0 Å². The number of ether oxygens (including phenoxy) is 2. The average Bonchev–Trinajstić information content (AvgIpc) is 2.83. The average molecular weight is 279 g/mol. The highest BCUT2D eigenvalue weighted by Gasteiger charge is 2.22. The maximum absolute atomic E-state index is 11.0. The van der Waals surface area contributed by atoms with Crippen molar-refractivity contribution in [2.24, 2.45) is 5.92 Å². The minimum Gasteiger partial charge on any atom is -0.480 e. The minimum absolute atomic E-state index is 0.0167. The zero-order valence-electron chi connectivity index (χ0n) is 12.1. The molecule has 1 aromatic carbocycles. The maximum atomic E-state index is 11.0. The van der Waals surface area contributed by atoms with Gasteiger partial charge in [0.05, 0.1) is 6.54 Å². The zero-order valence-corrected chi connectivity index (χ0v) is 12.1. The lowest BCUT2D eigenvalue weighted by atomic mass is 10.0. The number of hydrogen-bond donors (Lipinski definition) is 1. The Morgan fingerprint density at radius 3 is 2.65 bits per heavy atom. The van der Waals surface area contributed by atoms with Crippen molar-refractivity contribution in [1.29, 1.82) is 0 Å². The first-order valence-corrected chi connectivity index (χ1v) is 6.82. The molecule has 1 heterocycles. The van der Waals surface area contributed by atoms with E-state index in [-0.39, 0.29) is 19.4 Å². The van der Waals surface area contributed by atoms with Gasteiger partial charge in [-0.25, -0.2) is 0 Å². The molecule has 1 aliphatic heterocycles. The van der Waals surface area contributed by atoms with Crippen molar-refractivity contribution in [3.63, 3.8) is 0 Å². The molecule has 1 N–H and O–H groups in total. The summed E-state index contributed by atoms with van der Waals surface area (Å²) in [6.07, 6.45) is 0. The minimum atomic E-state index is -0.807. The van der Waals surface area contributed by atoms with Crippen LogP contribution >= 0.6 is 0 Å². The Labute approximate surface area is 119 Å². The second kappa shape index (κ2) is 6.13. The maximum Gasteiger partial charge on any atom is 0.317 e. The number of fused-ring (bicyclic) bond motifs is 1. The number of hydrogen-bond acceptors (Lipinski definition) is 4. The Morgan fingerprint density at radius 2 is 2.00 bits per heavy atom. The van der Waals surface area contributed by atoms with Gasteiger partial charge in [-0.2, -0.15) is 0 Å². The molecule has 1 atom stereocenters. The number of benzene rings is 1. The number of nitrogens with zero attached hydrogens (tertiary/aromatic N) is 1. The molecule has 110 valence electrons. The molecule has 5 heteroatoms. The van der Waals surface area contributed by atoms with Crippen LogP contribution in [0.15, 0.2) is 18.2 Å². The molecule has 0 aliphatic carbocycles. The van der Waals surface area contributed by atoms with Crippen LogP contribution in [0, 0.1) is 5.92 Å². The fourth-order valence-electron chi connectivity index (χ4n) is 2.39. The van der Waals surface area contributed by atoms with E-state index in [1.807, 2.05) is 30.0 Å². The number of aliphatic carboxylic acids is 1. The van der Waals surface area contributed by atoms with E-state index in [0.717, 1.165) is 23.6 Å². The molecule has 0 spiro atoms. The topological polar surface area (TPSA) is 59.0 Å². The second-order valence-corrected chi connectivity index (χ2v) is 5.51. The molecule has 0 fully saturated rings. The van der Waals surface area contributed by atoms with Crippen LogP contribution in [0.1, 0.15) is 32.4 Å². The van der Waals surface area contributed by atoms with Crippen molar-refractivity contribution >= 4 is 5.97 Å². The Balaban J connectivity index is 2.17. The zero-order chi connectivity index (χ0) is 14.7. The highest BCUT2D eigenvalue weighted by atomic mass is 16.7. The predicted octanol–water partition coefficient (Wildman–Crippen LogP) is 2.52. The van der Waals surface area contributed by atoms with Gasteiger partial charge < -0.3 is 14.6 Å². The monoisotopic (exact) mass is 279 g/mol. The van der Waals surface area contributed by atoms with Gasteiger partial charge >= 0.3 is 5.97 Å². The van der Waals surface area contributed by atoms with Gasteiger partial charge in [-0.05, 0) is 30.5 Å². The molecule has 1 aliphatic rings. The third-order valence-electron chi connectivity index (χ3n) is 3.36. The van der Waals surface area contributed by atoms with Gasteiger partial charge in [-0.15, -0.1) is 0 Å². The Bertz CT molecular complexity index is 487. The first-order chi connectivity index (χ1) is 9.47. The predicted molar refractivity (Wildman–Crippen MR) is 75.0 cm³/mol. The van der Waals surface area contributed by atoms with Gasteiger partial charge in [0.2, 0.25) is 6.79 Å². The number of carboxylic acids is 1. The summed E-state index contributed by atoms with van der Waals surface area (Å²) in [6, 6.07) is 5.79. The van der Waals surface area contributed by atoms with E-state index < -0.39 is 5.97 Å². The number of carbonyl (C=O) groups is 1. The SMILES string of the molecule is CC(C)CN(CC(=O)O)C(C)c1ccc2c(c1)OCO2. The normalized spacial score (nSPS) is 14.8. The quantitative estimate of drug-likeness (QED) is 0.867. The van der Waals surface area contributed by atoms with E-state index in [2.05, 4.69) is 13.8 Å². The fourth-order valence-corrected chi connectivity index (χ4v) is 2.39. The summed E-state index contributed by atoms with van der Waals surface area (Å²) in [6.45, 7) is 7.21. The molecule has 1 aromatic rings. The van der Waals surface area contributed by atoms with Crippen LogP contribution in [0.2, 0.25) is 0 Å². The summed E-state index contributed by atoms with van der Waals surface area (Å²) >= 11 is 0. The molecule has 5 nitrogen and oxygen atoms in total. The molecule has 0 saturated carbocycles. The summed E-state index contributed by atoms with van der Waals surface area (Å²) in [4.78, 5) is 13.0. The summed E-state index contributed by atoms with van der Waals surface area (Å²) in [5, 5.41) is 9.06. The lowest BCUT2D eigenvalue weighted by molar-refractivity contribution is -0.139. The standard InChI is InChI=1S/C15H21NO4/c1-10(2)7-16(8-15(17)18)11(3)12-4-5-13-14(6-12)20-9-19-13/h4-6,10-11H,7-9H2,1-3H3,(H,17,18). The number of carboxylic acid groups (broad SMARTS) is 1. The molecule has 0 bridgehead atoms. The van der Waals surface area contributed by atoms with Gasteiger partial charge in [0, 0.05) is 12.6 Å². The van der Waals surface area contributed by atoms with Crippen LogP contribution in [-0.2, 0) is 4.79 Å². The van der Waals surface area contributed by atoms with E-state index >= 15 is 0 Å². The lowest BCUT2D eigenvalue weighted by Gasteiger charge is -2.29. The smallest absolute Gasteiger partial charge is 0.317 e. The van der Waals surface area contributed by atoms with Crippen LogP contribution in [0.4, 0.5) is 0 Å². The van der Waals surface area contributed by atoms with Crippen molar-refractivity contribution < 1.29 is 19.4 Å². The van der Waals surface area contributed by atoms with E-state index in [4.69, 9.17) is 14.6 Å². The van der Waals surface area contributed by atoms with Gasteiger partial charge in [-0.1, -0.05) is 19.9 Å². The van der Waals surface area contributed by atoms with Gasteiger partial charge in [0.25, 0.3) is 0 Å². The Hall–Kier alpha value is -1.75. The van der Waals surface area contributed by atoms with Crippen molar-refractivity contribution in [2.45, 2.75) is 26.8 Å². The van der Waals surface area contributed by atoms with Gasteiger partial charge in [0.15, 0.2) is 11.5 Å². The van der Waals surface area contributed by atoms with Crippen molar-refractivity contribution in [1.82, 2.24) is 4.90 Å². The van der Waals surface area contributed by atoms with Gasteiger partial charge in [-0.3, -0.25) is 9.69 Å². The first-order valence-electron chi connectivity index (χ1n) is 6.82. The van der Waals surface area contributed by atoms with E-state index in [9.17, 15) is 4.79 Å². The van der Waals surface area contributed by atoms with E-state index in [0.29, 0.717) is 5.92 Å². The first kappa shape index (κ1) is 14.7. The molecule has 0 saturated heterocycles. The van der Waals surface area contributed by atoms with Crippen molar-refractivity contribution in [3.05, 3.63) is 23.8 Å². The molecule has 1 unspecified atom stereocenters. The molecule has 0 aromatic heterocycles. The largest absolute Gasteiger partial charge is 0.480 e. The molecular weight excluding hydrogens is 258 g/mol. The fraction of sp³-hybridized carbons (Fsp3) is 0.533. The third-order valence-corrected chi connectivity index (χ3v) is 3.36. The van der Waals surface area contributed by atoms with Crippen LogP contribution in [0.25, 0.3) is 0 Å². The van der Waals surface area contributed by atoms with Gasteiger partial charge in [0.1, 0.15) is 0 Å². The Kier molecular flexibility index (Phi) is 4.49.